The van der Waals surface area contributed by atoms with E-state index in [2.05, 4.69) is 4.74 Å². The van der Waals surface area contributed by atoms with Crippen LogP contribution in [-0.4, -0.2) is 49.4 Å². The van der Waals surface area contributed by atoms with Crippen molar-refractivity contribution in [2.45, 2.75) is 19.1 Å². The predicted molar refractivity (Wildman–Crippen MR) is 96.7 cm³/mol. The van der Waals surface area contributed by atoms with Gasteiger partial charge in [0, 0.05) is 12.6 Å². The van der Waals surface area contributed by atoms with Gasteiger partial charge in [-0.05, 0) is 55.9 Å². The number of carbonyl (C=O) groups is 1. The second kappa shape index (κ2) is 9.31. The molecule has 2 atom stereocenters. The van der Waals surface area contributed by atoms with Crippen LogP contribution in [0.4, 0.5) is 4.39 Å². The molecule has 0 aliphatic rings. The topological polar surface area (TPSA) is 59.0 Å². The number of hydrogen-bond acceptors (Lipinski definition) is 5. The van der Waals surface area contributed by atoms with Gasteiger partial charge < -0.3 is 14.6 Å². The third-order valence-corrected chi connectivity index (χ3v) is 4.23. The number of aliphatic hydroxyl groups is 1. The quantitative estimate of drug-likeness (QED) is 0.733. The van der Waals surface area contributed by atoms with Crippen LogP contribution in [0.3, 0.4) is 0 Å². The molecule has 0 saturated heterocycles. The fraction of sp³-hybridized carbons (Fsp3) is 0.350. The van der Waals surface area contributed by atoms with E-state index in [1.807, 2.05) is 18.9 Å². The summed E-state index contributed by atoms with van der Waals surface area (Å²) in [7, 11) is 3.22. The van der Waals surface area contributed by atoms with Crippen LogP contribution in [0, 0.1) is 5.82 Å². The Labute approximate surface area is 153 Å². The second-order valence-corrected chi connectivity index (χ2v) is 6.15. The number of rotatable bonds is 8. The first-order valence-corrected chi connectivity index (χ1v) is 8.35. The van der Waals surface area contributed by atoms with Gasteiger partial charge in [0.15, 0.2) is 0 Å². The molecule has 0 amide bonds. The molecule has 2 rings (SSSR count). The molecule has 0 saturated carbocycles. The van der Waals surface area contributed by atoms with Crippen LogP contribution in [0.15, 0.2) is 48.5 Å². The summed E-state index contributed by atoms with van der Waals surface area (Å²) in [6.07, 6.45) is -0.691. The largest absolute Gasteiger partial charge is 0.491 e. The zero-order chi connectivity index (χ0) is 19.1. The second-order valence-electron chi connectivity index (χ2n) is 6.15. The molecule has 0 aromatic heterocycles. The Morgan fingerprint density at radius 2 is 1.77 bits per heavy atom. The minimum Gasteiger partial charge on any atom is -0.491 e. The number of likely N-dealkylation sites (N-methyl/N-ethyl adjacent to an activating group) is 1. The van der Waals surface area contributed by atoms with Gasteiger partial charge in [0.2, 0.25) is 0 Å². The van der Waals surface area contributed by atoms with E-state index in [-0.39, 0.29) is 18.5 Å². The van der Waals surface area contributed by atoms with Gasteiger partial charge >= 0.3 is 5.97 Å². The number of benzene rings is 2. The minimum atomic E-state index is -0.691. The highest BCUT2D eigenvalue weighted by atomic mass is 19.1. The van der Waals surface area contributed by atoms with Crippen LogP contribution in [0.5, 0.6) is 5.75 Å². The van der Waals surface area contributed by atoms with Crippen LogP contribution in [0.2, 0.25) is 0 Å². The van der Waals surface area contributed by atoms with Crippen molar-refractivity contribution in [2.75, 3.05) is 27.3 Å². The Kier molecular flexibility index (Phi) is 7.12. The number of hydrogen-bond donors (Lipinski definition) is 1. The third-order valence-electron chi connectivity index (χ3n) is 4.23. The van der Waals surface area contributed by atoms with Gasteiger partial charge in [-0.25, -0.2) is 9.18 Å². The molecule has 6 heteroatoms. The van der Waals surface area contributed by atoms with Crippen LogP contribution >= 0.6 is 0 Å². The van der Waals surface area contributed by atoms with E-state index in [1.54, 1.807) is 36.4 Å². The highest BCUT2D eigenvalue weighted by molar-refractivity contribution is 5.89. The molecule has 0 heterocycles. The smallest absolute Gasteiger partial charge is 0.337 e. The molecule has 0 aliphatic heterocycles. The van der Waals surface area contributed by atoms with E-state index in [4.69, 9.17) is 4.74 Å². The van der Waals surface area contributed by atoms with Gasteiger partial charge in [-0.1, -0.05) is 12.1 Å². The van der Waals surface area contributed by atoms with Crippen molar-refractivity contribution in [1.82, 2.24) is 4.90 Å². The zero-order valence-electron chi connectivity index (χ0n) is 15.2. The molecule has 2 aromatic carbocycles. The van der Waals surface area contributed by atoms with E-state index in [9.17, 15) is 14.3 Å². The van der Waals surface area contributed by atoms with Gasteiger partial charge in [0.05, 0.1) is 12.7 Å². The maximum Gasteiger partial charge on any atom is 0.337 e. The van der Waals surface area contributed by atoms with E-state index >= 15 is 0 Å². The van der Waals surface area contributed by atoms with Crippen molar-refractivity contribution in [3.63, 3.8) is 0 Å². The number of methoxy groups -OCH3 is 1. The first-order valence-electron chi connectivity index (χ1n) is 8.35. The van der Waals surface area contributed by atoms with Gasteiger partial charge in [-0.2, -0.15) is 0 Å². The van der Waals surface area contributed by atoms with E-state index in [0.29, 0.717) is 17.9 Å². The van der Waals surface area contributed by atoms with Crippen molar-refractivity contribution in [3.8, 4) is 5.75 Å². The molecule has 5 nitrogen and oxygen atoms in total. The van der Waals surface area contributed by atoms with E-state index < -0.39 is 12.1 Å². The maximum atomic E-state index is 13.0. The van der Waals surface area contributed by atoms with E-state index in [0.717, 1.165) is 5.56 Å². The molecule has 2 aromatic rings. The molecular weight excluding hydrogens is 337 g/mol. The lowest BCUT2D eigenvalue weighted by atomic mass is 10.1. The highest BCUT2D eigenvalue weighted by Crippen LogP contribution is 2.19. The standard InChI is InChI=1S/C20H24FNO4/c1-14(15-4-8-17(21)9-5-15)22(2)12-18(23)13-26-19-10-6-16(7-11-19)20(24)25-3/h4-11,14,18,23H,12-13H2,1-3H3/t14-,18+/m1/s1. The van der Waals surface area contributed by atoms with Gasteiger partial charge in [0.1, 0.15) is 24.3 Å². The van der Waals surface area contributed by atoms with Crippen LogP contribution < -0.4 is 4.74 Å². The molecule has 0 radical (unpaired) electrons. The normalized spacial score (nSPS) is 13.3. The predicted octanol–water partition coefficient (Wildman–Crippen LogP) is 3.05. The summed E-state index contributed by atoms with van der Waals surface area (Å²) in [6, 6.07) is 12.9. The van der Waals surface area contributed by atoms with Crippen LogP contribution in [0.25, 0.3) is 0 Å². The Morgan fingerprint density at radius 3 is 2.35 bits per heavy atom. The first kappa shape index (κ1) is 19.9. The first-order chi connectivity index (χ1) is 12.4. The molecule has 0 bridgehead atoms. The summed E-state index contributed by atoms with van der Waals surface area (Å²) in [6.45, 7) is 2.52. The average Bonchev–Trinajstić information content (AvgIpc) is 2.66. The number of carbonyl (C=O) groups excluding carboxylic acids is 1. The number of nitrogens with zero attached hydrogens (tertiary/aromatic N) is 1. The molecule has 0 fully saturated rings. The summed E-state index contributed by atoms with van der Waals surface area (Å²) in [5, 5.41) is 10.2. The molecule has 26 heavy (non-hydrogen) atoms. The maximum absolute atomic E-state index is 13.0. The van der Waals surface area contributed by atoms with Crippen molar-refractivity contribution in [1.29, 1.82) is 0 Å². The Bertz CT molecular complexity index is 703. The summed E-state index contributed by atoms with van der Waals surface area (Å²) >= 11 is 0. The van der Waals surface area contributed by atoms with Crippen LogP contribution in [-0.2, 0) is 4.74 Å². The Balaban J connectivity index is 1.83. The summed E-state index contributed by atoms with van der Waals surface area (Å²) in [4.78, 5) is 13.4. The average molecular weight is 361 g/mol. The van der Waals surface area contributed by atoms with Crippen LogP contribution in [0.1, 0.15) is 28.9 Å². The SMILES string of the molecule is COC(=O)c1ccc(OC[C@@H](O)CN(C)[C@H](C)c2ccc(F)cc2)cc1. The highest BCUT2D eigenvalue weighted by Gasteiger charge is 2.16. The fourth-order valence-corrected chi connectivity index (χ4v) is 2.54. The lowest BCUT2D eigenvalue weighted by Crippen LogP contribution is -2.34. The summed E-state index contributed by atoms with van der Waals surface area (Å²) in [5.41, 5.74) is 1.41. The van der Waals surface area contributed by atoms with Crippen molar-refractivity contribution in [3.05, 3.63) is 65.5 Å². The summed E-state index contributed by atoms with van der Waals surface area (Å²) < 4.78 is 23.2. The van der Waals surface area contributed by atoms with Gasteiger partial charge in [-0.15, -0.1) is 0 Å². The Morgan fingerprint density at radius 1 is 1.15 bits per heavy atom. The third kappa shape index (κ3) is 5.54. The summed E-state index contributed by atoms with van der Waals surface area (Å²) in [5.74, 6) is -0.116. The zero-order valence-corrected chi connectivity index (χ0v) is 15.2. The van der Waals surface area contributed by atoms with E-state index in [1.165, 1.54) is 19.2 Å². The molecule has 0 aliphatic carbocycles. The molecule has 1 N–H and O–H groups in total. The number of aliphatic hydroxyl groups excluding tert-OH is 1. The van der Waals surface area contributed by atoms with Crippen molar-refractivity contribution >= 4 is 5.97 Å². The molecule has 0 unspecified atom stereocenters. The molecule has 0 spiro atoms. The Hall–Kier alpha value is -2.44. The van der Waals surface area contributed by atoms with Gasteiger partial charge in [0.25, 0.3) is 0 Å². The number of halogens is 1. The lowest BCUT2D eigenvalue weighted by Gasteiger charge is -2.27. The minimum absolute atomic E-state index is 0.0320. The lowest BCUT2D eigenvalue weighted by molar-refractivity contribution is 0.0598. The fourth-order valence-electron chi connectivity index (χ4n) is 2.54. The monoisotopic (exact) mass is 361 g/mol. The van der Waals surface area contributed by atoms with Crippen molar-refractivity contribution in [2.24, 2.45) is 0 Å². The van der Waals surface area contributed by atoms with Gasteiger partial charge in [-0.3, -0.25) is 4.90 Å². The molecular formula is C20H24FNO4. The number of ether oxygens (including phenoxy) is 2. The van der Waals surface area contributed by atoms with Crippen molar-refractivity contribution < 1.29 is 23.8 Å². The number of esters is 1. The molecule has 140 valence electrons.